The summed E-state index contributed by atoms with van der Waals surface area (Å²) in [6.07, 6.45) is 2.88. The lowest BCUT2D eigenvalue weighted by atomic mass is 10.3. The van der Waals surface area contributed by atoms with Crippen molar-refractivity contribution in [2.75, 3.05) is 6.54 Å². The normalized spacial score (nSPS) is 14.7. The van der Waals surface area contributed by atoms with Crippen LogP contribution < -0.4 is 5.32 Å². The molecule has 0 atom stereocenters. The highest BCUT2D eigenvalue weighted by atomic mass is 32.1. The Bertz CT molecular complexity index is 695. The highest BCUT2D eigenvalue weighted by Crippen LogP contribution is 2.24. The Kier molecular flexibility index (Phi) is 2.60. The van der Waals surface area contributed by atoms with Crippen molar-refractivity contribution in [1.82, 2.24) is 19.9 Å². The van der Waals surface area contributed by atoms with E-state index >= 15 is 0 Å². The number of aromatic nitrogens is 3. The number of benzene rings is 1. The van der Waals surface area contributed by atoms with Gasteiger partial charge in [-0.1, -0.05) is 12.1 Å². The Balaban J connectivity index is 1.69. The van der Waals surface area contributed by atoms with Crippen LogP contribution >= 0.6 is 11.3 Å². The van der Waals surface area contributed by atoms with Crippen LogP contribution in [0.5, 0.6) is 0 Å². The average Bonchev–Trinajstić information content (AvgIpc) is 3.03. The number of nitrogens with zero attached hydrogens (tertiary/aromatic N) is 3. The third-order valence-electron chi connectivity index (χ3n) is 3.49. The van der Waals surface area contributed by atoms with Gasteiger partial charge in [-0.15, -0.1) is 11.3 Å². The fraction of sp³-hybridized carbons (Fsp3) is 0.286. The van der Waals surface area contributed by atoms with Crippen LogP contribution in [-0.2, 0) is 19.5 Å². The predicted molar refractivity (Wildman–Crippen MR) is 76.4 cm³/mol. The Morgan fingerprint density at radius 2 is 2.26 bits per heavy atom. The van der Waals surface area contributed by atoms with Crippen molar-refractivity contribution in [3.8, 4) is 0 Å². The van der Waals surface area contributed by atoms with Gasteiger partial charge < -0.3 is 9.88 Å². The summed E-state index contributed by atoms with van der Waals surface area (Å²) in [5, 5.41) is 4.51. The minimum atomic E-state index is 0.875. The fourth-order valence-electron chi connectivity index (χ4n) is 2.55. The second kappa shape index (κ2) is 4.43. The number of nitrogens with one attached hydrogen (secondary N) is 1. The number of para-hydroxylation sites is 1. The quantitative estimate of drug-likeness (QED) is 0.776. The maximum atomic E-state index is 4.70. The summed E-state index contributed by atoms with van der Waals surface area (Å²) >= 11 is 1.78. The lowest BCUT2D eigenvalue weighted by Crippen LogP contribution is -2.29. The van der Waals surface area contributed by atoms with Crippen LogP contribution in [0.4, 0.5) is 0 Å². The Morgan fingerprint density at radius 1 is 1.32 bits per heavy atom. The van der Waals surface area contributed by atoms with Gasteiger partial charge in [-0.25, -0.2) is 9.97 Å². The second-order valence-electron chi connectivity index (χ2n) is 4.75. The molecule has 0 spiro atoms. The van der Waals surface area contributed by atoms with E-state index in [-0.39, 0.29) is 0 Å². The van der Waals surface area contributed by atoms with Crippen molar-refractivity contribution < 1.29 is 0 Å². The minimum absolute atomic E-state index is 0.875. The molecule has 0 fully saturated rings. The van der Waals surface area contributed by atoms with Crippen molar-refractivity contribution in [2.45, 2.75) is 19.5 Å². The molecule has 0 saturated carbocycles. The summed E-state index contributed by atoms with van der Waals surface area (Å²) in [6, 6.07) is 8.31. The predicted octanol–water partition coefficient (Wildman–Crippen LogP) is 2.19. The molecule has 3 heterocycles. The third kappa shape index (κ3) is 1.95. The van der Waals surface area contributed by atoms with Crippen molar-refractivity contribution >= 4 is 21.6 Å². The van der Waals surface area contributed by atoms with Crippen LogP contribution in [0.3, 0.4) is 0 Å². The number of rotatable bonds is 2. The van der Waals surface area contributed by atoms with Gasteiger partial charge in [-0.05, 0) is 12.1 Å². The van der Waals surface area contributed by atoms with Gasteiger partial charge in [0, 0.05) is 31.4 Å². The zero-order valence-electron chi connectivity index (χ0n) is 10.5. The van der Waals surface area contributed by atoms with E-state index in [0.29, 0.717) is 0 Å². The highest BCUT2D eigenvalue weighted by molar-refractivity contribution is 7.18. The highest BCUT2D eigenvalue weighted by Gasteiger charge is 2.15. The van der Waals surface area contributed by atoms with Gasteiger partial charge >= 0.3 is 0 Å². The van der Waals surface area contributed by atoms with Crippen LogP contribution in [0.2, 0.25) is 0 Å². The van der Waals surface area contributed by atoms with Crippen molar-refractivity contribution in [3.05, 3.63) is 47.0 Å². The number of imidazole rings is 1. The van der Waals surface area contributed by atoms with Crippen molar-refractivity contribution in [1.29, 1.82) is 0 Å². The molecule has 96 valence electrons. The van der Waals surface area contributed by atoms with Crippen molar-refractivity contribution in [2.24, 2.45) is 0 Å². The Morgan fingerprint density at radius 3 is 3.21 bits per heavy atom. The molecule has 5 heteroatoms. The molecule has 1 aromatic carbocycles. The molecule has 1 aliphatic rings. The number of fused-ring (bicyclic) bond motifs is 2. The molecule has 3 aromatic rings. The smallest absolute Gasteiger partial charge is 0.122 e. The molecule has 0 unspecified atom stereocenters. The summed E-state index contributed by atoms with van der Waals surface area (Å²) in [6.45, 7) is 2.91. The molecular weight excluding hydrogens is 256 g/mol. The standard InChI is InChI=1S/C14H14N4S/c1-2-4-12-11(3-1)17-14(19-12)7-10-8-16-13-9-15-5-6-18(10)13/h1-4,8,15H,5-7,9H2. The van der Waals surface area contributed by atoms with E-state index < -0.39 is 0 Å². The van der Waals surface area contributed by atoms with E-state index in [2.05, 4.69) is 33.1 Å². The summed E-state index contributed by atoms with van der Waals surface area (Å²) in [5.74, 6) is 1.14. The molecule has 0 radical (unpaired) electrons. The molecule has 1 N–H and O–H groups in total. The summed E-state index contributed by atoms with van der Waals surface area (Å²) < 4.78 is 3.58. The lowest BCUT2D eigenvalue weighted by Gasteiger charge is -2.17. The molecule has 4 rings (SSSR count). The molecule has 0 aliphatic carbocycles. The Labute approximate surface area is 115 Å². The average molecular weight is 270 g/mol. The Hall–Kier alpha value is -1.72. The van der Waals surface area contributed by atoms with Crippen LogP contribution in [0.15, 0.2) is 30.5 Å². The van der Waals surface area contributed by atoms with Gasteiger partial charge in [0.05, 0.1) is 21.8 Å². The van der Waals surface area contributed by atoms with Gasteiger partial charge in [0.15, 0.2) is 0 Å². The number of thiazole rings is 1. The molecule has 0 bridgehead atoms. The van der Waals surface area contributed by atoms with E-state index in [0.717, 1.165) is 37.4 Å². The van der Waals surface area contributed by atoms with Crippen molar-refractivity contribution in [3.63, 3.8) is 0 Å². The first-order valence-electron chi connectivity index (χ1n) is 6.48. The maximum Gasteiger partial charge on any atom is 0.122 e. The number of hydrogen-bond acceptors (Lipinski definition) is 4. The van der Waals surface area contributed by atoms with Gasteiger partial charge in [0.1, 0.15) is 5.82 Å². The lowest BCUT2D eigenvalue weighted by molar-refractivity contribution is 0.496. The third-order valence-corrected chi connectivity index (χ3v) is 4.52. The van der Waals surface area contributed by atoms with Crippen LogP contribution in [0.25, 0.3) is 10.2 Å². The van der Waals surface area contributed by atoms with Gasteiger partial charge in [-0.3, -0.25) is 0 Å². The first-order valence-corrected chi connectivity index (χ1v) is 7.30. The molecule has 1 aliphatic heterocycles. The van der Waals surface area contributed by atoms with Gasteiger partial charge in [0.2, 0.25) is 0 Å². The summed E-state index contributed by atoms with van der Waals surface area (Å²) in [4.78, 5) is 9.18. The molecule has 0 saturated heterocycles. The maximum absolute atomic E-state index is 4.70. The number of hydrogen-bond donors (Lipinski definition) is 1. The second-order valence-corrected chi connectivity index (χ2v) is 5.86. The summed E-state index contributed by atoms with van der Waals surface area (Å²) in [5.41, 5.74) is 2.37. The minimum Gasteiger partial charge on any atom is -0.329 e. The van der Waals surface area contributed by atoms with E-state index in [1.807, 2.05) is 12.3 Å². The molecular formula is C14H14N4S. The molecule has 4 nitrogen and oxygen atoms in total. The zero-order valence-corrected chi connectivity index (χ0v) is 11.3. The van der Waals surface area contributed by atoms with Crippen LogP contribution in [-0.4, -0.2) is 21.1 Å². The SMILES string of the molecule is c1ccc2sc(Cc3cnc4n3CCNC4)nc2c1. The summed E-state index contributed by atoms with van der Waals surface area (Å²) in [7, 11) is 0. The fourth-order valence-corrected chi connectivity index (χ4v) is 3.53. The van der Waals surface area contributed by atoms with E-state index in [1.165, 1.54) is 15.4 Å². The monoisotopic (exact) mass is 270 g/mol. The first kappa shape index (κ1) is 11.1. The van der Waals surface area contributed by atoms with Gasteiger partial charge in [0.25, 0.3) is 0 Å². The zero-order chi connectivity index (χ0) is 12.7. The topological polar surface area (TPSA) is 42.7 Å². The van der Waals surface area contributed by atoms with E-state index in [9.17, 15) is 0 Å². The van der Waals surface area contributed by atoms with Crippen LogP contribution in [0, 0.1) is 0 Å². The molecule has 0 amide bonds. The van der Waals surface area contributed by atoms with E-state index in [1.54, 1.807) is 11.3 Å². The first-order chi connectivity index (χ1) is 9.40. The van der Waals surface area contributed by atoms with E-state index in [4.69, 9.17) is 4.98 Å². The van der Waals surface area contributed by atoms with Crippen LogP contribution in [0.1, 0.15) is 16.5 Å². The largest absolute Gasteiger partial charge is 0.329 e. The van der Waals surface area contributed by atoms with Gasteiger partial charge in [-0.2, -0.15) is 0 Å². The molecule has 2 aromatic heterocycles. The molecule has 19 heavy (non-hydrogen) atoms.